The topological polar surface area (TPSA) is 64.1 Å². The first-order chi connectivity index (χ1) is 12.1. The highest BCUT2D eigenvalue weighted by atomic mass is 19.1. The van der Waals surface area contributed by atoms with Gasteiger partial charge in [-0.25, -0.2) is 4.39 Å². The van der Waals surface area contributed by atoms with Gasteiger partial charge in [0.05, 0.1) is 0 Å². The van der Waals surface area contributed by atoms with Crippen LogP contribution in [0.1, 0.15) is 16.7 Å². The number of allylic oxidation sites excluding steroid dienone is 1. The summed E-state index contributed by atoms with van der Waals surface area (Å²) >= 11 is 0. The summed E-state index contributed by atoms with van der Waals surface area (Å²) in [6, 6.07) is 12.8. The molecular formula is C21H22FN3. The molecule has 0 bridgehead atoms. The Hall–Kier alpha value is -2.59. The molecule has 2 aromatic rings. The van der Waals surface area contributed by atoms with E-state index in [-0.39, 0.29) is 11.9 Å². The third kappa shape index (κ3) is 2.72. The maximum absolute atomic E-state index is 13.3. The summed E-state index contributed by atoms with van der Waals surface area (Å²) < 4.78 is 13.3. The lowest BCUT2D eigenvalue weighted by Gasteiger charge is -2.39. The fourth-order valence-corrected chi connectivity index (χ4v) is 4.02. The summed E-state index contributed by atoms with van der Waals surface area (Å²) in [5, 5.41) is 3.51. The van der Waals surface area contributed by atoms with Gasteiger partial charge >= 0.3 is 0 Å². The minimum Gasteiger partial charge on any atom is -0.399 e. The summed E-state index contributed by atoms with van der Waals surface area (Å²) in [4.78, 5) is 0. The summed E-state index contributed by atoms with van der Waals surface area (Å²) in [5.74, 6) is -0.233. The Labute approximate surface area is 147 Å². The van der Waals surface area contributed by atoms with Crippen LogP contribution in [0.5, 0.6) is 0 Å². The molecule has 0 amide bonds. The highest BCUT2D eigenvalue weighted by Crippen LogP contribution is 2.42. The lowest BCUT2D eigenvalue weighted by molar-refractivity contribution is 0.466. The number of benzene rings is 2. The second-order valence-corrected chi connectivity index (χ2v) is 6.89. The van der Waals surface area contributed by atoms with Crippen molar-refractivity contribution >= 4 is 5.69 Å². The molecule has 1 aliphatic heterocycles. The van der Waals surface area contributed by atoms with Crippen LogP contribution < -0.4 is 16.8 Å². The fraction of sp³-hybridized carbons (Fsp3) is 0.238. The van der Waals surface area contributed by atoms with Gasteiger partial charge in [-0.1, -0.05) is 36.4 Å². The van der Waals surface area contributed by atoms with E-state index < -0.39 is 5.41 Å². The maximum Gasteiger partial charge on any atom is 0.123 e. The van der Waals surface area contributed by atoms with Gasteiger partial charge in [-0.15, -0.1) is 0 Å². The Morgan fingerprint density at radius 2 is 1.96 bits per heavy atom. The van der Waals surface area contributed by atoms with Crippen molar-refractivity contribution in [1.29, 1.82) is 0 Å². The van der Waals surface area contributed by atoms with Crippen LogP contribution in [0.3, 0.4) is 0 Å². The van der Waals surface area contributed by atoms with E-state index in [1.807, 2.05) is 24.3 Å². The summed E-state index contributed by atoms with van der Waals surface area (Å²) in [5.41, 5.74) is 17.7. The zero-order valence-electron chi connectivity index (χ0n) is 14.0. The molecule has 5 N–H and O–H groups in total. The van der Waals surface area contributed by atoms with Crippen LogP contribution >= 0.6 is 0 Å². The number of hydrogen-bond donors (Lipinski definition) is 3. The van der Waals surface area contributed by atoms with Crippen molar-refractivity contribution in [1.82, 2.24) is 0 Å². The van der Waals surface area contributed by atoms with Crippen LogP contribution in [0.15, 0.2) is 66.4 Å². The molecule has 25 heavy (non-hydrogen) atoms. The molecule has 2 unspecified atom stereocenters. The van der Waals surface area contributed by atoms with Crippen LogP contribution in [0, 0.1) is 5.82 Å². The smallest absolute Gasteiger partial charge is 0.123 e. The molecule has 0 spiro atoms. The standard InChI is InChI=1S/C21H22FN3/c22-16-6-4-14(5-7-16)12-21(13-17(23)8-9-19(21)24)18-3-1-2-15-10-11-25-20(15)18/h1-9,13,19,25H,10-12,23-24H2. The fourth-order valence-electron chi connectivity index (χ4n) is 4.02. The Morgan fingerprint density at radius 1 is 1.16 bits per heavy atom. The molecule has 0 radical (unpaired) electrons. The van der Waals surface area contributed by atoms with Crippen LogP contribution in [0.2, 0.25) is 0 Å². The number of rotatable bonds is 3. The lowest BCUT2D eigenvalue weighted by Crippen LogP contribution is -2.47. The quantitative estimate of drug-likeness (QED) is 0.808. The number of hydrogen-bond acceptors (Lipinski definition) is 3. The highest BCUT2D eigenvalue weighted by molar-refractivity contribution is 5.66. The molecule has 128 valence electrons. The molecule has 0 fully saturated rings. The summed E-state index contributed by atoms with van der Waals surface area (Å²) in [6.45, 7) is 0.934. The molecule has 3 nitrogen and oxygen atoms in total. The summed E-state index contributed by atoms with van der Waals surface area (Å²) in [7, 11) is 0. The van der Waals surface area contributed by atoms with Crippen LogP contribution in [-0.4, -0.2) is 12.6 Å². The third-order valence-corrected chi connectivity index (χ3v) is 5.27. The molecule has 0 saturated heterocycles. The molecule has 4 heteroatoms. The second-order valence-electron chi connectivity index (χ2n) is 6.89. The number of halogens is 1. The van der Waals surface area contributed by atoms with Crippen molar-refractivity contribution in [3.63, 3.8) is 0 Å². The number of anilines is 1. The van der Waals surface area contributed by atoms with Crippen molar-refractivity contribution in [2.75, 3.05) is 11.9 Å². The SMILES string of the molecule is NC1=CC(Cc2ccc(F)cc2)(c2cccc3c2NCC3)C(N)C=C1. The Kier molecular flexibility index (Phi) is 3.85. The Balaban J connectivity index is 1.87. The van der Waals surface area contributed by atoms with Gasteiger partial charge in [-0.3, -0.25) is 0 Å². The zero-order valence-corrected chi connectivity index (χ0v) is 14.0. The van der Waals surface area contributed by atoms with Crippen molar-refractivity contribution in [3.8, 4) is 0 Å². The van der Waals surface area contributed by atoms with E-state index >= 15 is 0 Å². The first-order valence-corrected chi connectivity index (χ1v) is 8.61. The lowest BCUT2D eigenvalue weighted by atomic mass is 9.67. The highest BCUT2D eigenvalue weighted by Gasteiger charge is 2.40. The molecule has 0 aromatic heterocycles. The van der Waals surface area contributed by atoms with Gasteiger partial charge in [-0.05, 0) is 53.8 Å². The molecule has 1 aliphatic carbocycles. The second kappa shape index (κ2) is 6.05. The monoisotopic (exact) mass is 335 g/mol. The van der Waals surface area contributed by atoms with Gasteiger partial charge in [0, 0.05) is 29.4 Å². The molecule has 2 aromatic carbocycles. The van der Waals surface area contributed by atoms with Crippen molar-refractivity contribution < 1.29 is 4.39 Å². The van der Waals surface area contributed by atoms with Crippen molar-refractivity contribution in [2.45, 2.75) is 24.3 Å². The predicted octanol–water partition coefficient (Wildman–Crippen LogP) is 3.01. The van der Waals surface area contributed by atoms with Crippen LogP contribution in [0.4, 0.5) is 10.1 Å². The average Bonchev–Trinajstić information content (AvgIpc) is 3.09. The van der Waals surface area contributed by atoms with E-state index in [2.05, 4.69) is 29.6 Å². The van der Waals surface area contributed by atoms with E-state index in [1.165, 1.54) is 23.4 Å². The molecule has 0 saturated carbocycles. The van der Waals surface area contributed by atoms with Gasteiger partial charge in [-0.2, -0.15) is 0 Å². The molecular weight excluding hydrogens is 313 g/mol. The average molecular weight is 335 g/mol. The van der Waals surface area contributed by atoms with E-state index in [9.17, 15) is 4.39 Å². The Morgan fingerprint density at radius 3 is 2.76 bits per heavy atom. The maximum atomic E-state index is 13.3. The minimum absolute atomic E-state index is 0.209. The van der Waals surface area contributed by atoms with Gasteiger partial charge in [0.1, 0.15) is 5.82 Å². The van der Waals surface area contributed by atoms with Gasteiger partial charge in [0.25, 0.3) is 0 Å². The van der Waals surface area contributed by atoms with Crippen molar-refractivity contribution in [2.24, 2.45) is 11.5 Å². The minimum atomic E-state index is -0.459. The number of fused-ring (bicyclic) bond motifs is 1. The van der Waals surface area contributed by atoms with E-state index in [0.29, 0.717) is 12.1 Å². The van der Waals surface area contributed by atoms with Gasteiger partial charge < -0.3 is 16.8 Å². The summed E-state index contributed by atoms with van der Waals surface area (Å²) in [6.07, 6.45) is 7.58. The normalized spacial score (nSPS) is 24.6. The van der Waals surface area contributed by atoms with E-state index in [4.69, 9.17) is 11.5 Å². The van der Waals surface area contributed by atoms with Gasteiger partial charge in [0.15, 0.2) is 0 Å². The first kappa shape index (κ1) is 15.9. The van der Waals surface area contributed by atoms with Crippen LogP contribution in [-0.2, 0) is 18.3 Å². The molecule has 1 heterocycles. The molecule has 4 rings (SSSR count). The zero-order chi connectivity index (χ0) is 17.4. The predicted molar refractivity (Wildman–Crippen MR) is 99.8 cm³/mol. The first-order valence-electron chi connectivity index (χ1n) is 8.61. The molecule has 2 aliphatic rings. The largest absolute Gasteiger partial charge is 0.399 e. The van der Waals surface area contributed by atoms with E-state index in [1.54, 1.807) is 0 Å². The number of nitrogens with one attached hydrogen (secondary N) is 1. The third-order valence-electron chi connectivity index (χ3n) is 5.27. The van der Waals surface area contributed by atoms with E-state index in [0.717, 1.165) is 24.1 Å². The van der Waals surface area contributed by atoms with Crippen LogP contribution in [0.25, 0.3) is 0 Å². The number of nitrogens with two attached hydrogens (primary N) is 2. The Bertz CT molecular complexity index is 854. The van der Waals surface area contributed by atoms with Crippen molar-refractivity contribution in [3.05, 3.63) is 88.9 Å². The number of para-hydroxylation sites is 1. The molecule has 2 atom stereocenters. The van der Waals surface area contributed by atoms with Gasteiger partial charge in [0.2, 0.25) is 0 Å².